The highest BCUT2D eigenvalue weighted by molar-refractivity contribution is 6.30. The number of nitrogens with two attached hydrogens (primary N) is 2. The number of halogens is 1. The summed E-state index contributed by atoms with van der Waals surface area (Å²) >= 11 is 6.15. The fraction of sp³-hybridized carbons (Fsp3) is 0.400. The smallest absolute Gasteiger partial charge is 0.168 e. The van der Waals surface area contributed by atoms with Gasteiger partial charge < -0.3 is 16.2 Å². The molecule has 0 radical (unpaired) electrons. The molecule has 2 heterocycles. The summed E-state index contributed by atoms with van der Waals surface area (Å²) in [6, 6.07) is 7.96. The maximum Gasteiger partial charge on any atom is 0.168 e. The van der Waals surface area contributed by atoms with Crippen LogP contribution in [0.15, 0.2) is 30.5 Å². The van der Waals surface area contributed by atoms with Crippen molar-refractivity contribution >= 4 is 23.1 Å². The standard InChI is InChI=1S/C15H19ClN4O/c16-12-3-1-2-11(8-12)14(10-4-6-21-7-5-10)20-9-13(17)15(18)19-20/h1-3,8-10,14H,4-7,17H2,(H2,18,19). The first kappa shape index (κ1) is 14.2. The SMILES string of the molecule is Nc1cn(C(c2cccc(Cl)c2)C2CCOCC2)nc1N. The average Bonchev–Trinajstić information content (AvgIpc) is 2.80. The third-order valence-electron chi connectivity index (χ3n) is 3.98. The molecule has 2 aromatic rings. The van der Waals surface area contributed by atoms with Crippen LogP contribution in [0.3, 0.4) is 0 Å². The summed E-state index contributed by atoms with van der Waals surface area (Å²) in [6.07, 6.45) is 3.77. The molecule has 1 fully saturated rings. The zero-order valence-corrected chi connectivity index (χ0v) is 12.5. The Balaban J connectivity index is 2.01. The van der Waals surface area contributed by atoms with E-state index < -0.39 is 0 Å². The second-order valence-corrected chi connectivity index (χ2v) is 5.84. The summed E-state index contributed by atoms with van der Waals surface area (Å²) in [6.45, 7) is 1.54. The zero-order valence-electron chi connectivity index (χ0n) is 11.7. The Labute approximate surface area is 128 Å². The molecule has 5 nitrogen and oxygen atoms in total. The maximum atomic E-state index is 6.15. The molecule has 0 bridgehead atoms. The van der Waals surface area contributed by atoms with E-state index in [1.54, 1.807) is 6.20 Å². The molecule has 112 valence electrons. The fourth-order valence-electron chi connectivity index (χ4n) is 2.93. The van der Waals surface area contributed by atoms with Crippen molar-refractivity contribution in [1.29, 1.82) is 0 Å². The normalized spacial score (nSPS) is 17.8. The third-order valence-corrected chi connectivity index (χ3v) is 4.21. The van der Waals surface area contributed by atoms with Gasteiger partial charge in [-0.25, -0.2) is 0 Å². The lowest BCUT2D eigenvalue weighted by molar-refractivity contribution is 0.0527. The zero-order chi connectivity index (χ0) is 14.8. The van der Waals surface area contributed by atoms with E-state index in [9.17, 15) is 0 Å². The van der Waals surface area contributed by atoms with Gasteiger partial charge in [-0.3, -0.25) is 4.68 Å². The van der Waals surface area contributed by atoms with E-state index in [-0.39, 0.29) is 6.04 Å². The molecule has 1 aliphatic heterocycles. The van der Waals surface area contributed by atoms with Crippen LogP contribution in [-0.4, -0.2) is 23.0 Å². The van der Waals surface area contributed by atoms with Crippen LogP contribution in [0.1, 0.15) is 24.4 Å². The van der Waals surface area contributed by atoms with Gasteiger partial charge in [0.05, 0.1) is 17.9 Å². The van der Waals surface area contributed by atoms with Gasteiger partial charge >= 0.3 is 0 Å². The van der Waals surface area contributed by atoms with Crippen molar-refractivity contribution in [3.8, 4) is 0 Å². The number of benzene rings is 1. The lowest BCUT2D eigenvalue weighted by atomic mass is 9.87. The molecule has 1 unspecified atom stereocenters. The summed E-state index contributed by atoms with van der Waals surface area (Å²) < 4.78 is 7.34. The van der Waals surface area contributed by atoms with Crippen LogP contribution < -0.4 is 11.5 Å². The number of nitrogen functional groups attached to an aromatic ring is 2. The molecule has 6 heteroatoms. The molecular weight excluding hydrogens is 288 g/mol. The number of ether oxygens (including phenoxy) is 1. The highest BCUT2D eigenvalue weighted by Gasteiger charge is 2.28. The van der Waals surface area contributed by atoms with Crippen LogP contribution in [-0.2, 0) is 4.74 Å². The van der Waals surface area contributed by atoms with Crippen LogP contribution in [0, 0.1) is 5.92 Å². The van der Waals surface area contributed by atoms with Gasteiger partial charge in [-0.05, 0) is 36.5 Å². The molecule has 1 aromatic carbocycles. The Morgan fingerprint density at radius 1 is 1.29 bits per heavy atom. The minimum Gasteiger partial charge on any atom is -0.394 e. The molecule has 3 rings (SSSR count). The predicted octanol–water partition coefficient (Wildman–Crippen LogP) is 2.72. The maximum absolute atomic E-state index is 6.15. The van der Waals surface area contributed by atoms with Crippen LogP contribution >= 0.6 is 11.6 Å². The fourth-order valence-corrected chi connectivity index (χ4v) is 3.12. The molecule has 1 atom stereocenters. The van der Waals surface area contributed by atoms with E-state index in [0.29, 0.717) is 17.4 Å². The molecule has 0 saturated carbocycles. The van der Waals surface area contributed by atoms with Crippen molar-refractivity contribution in [2.24, 2.45) is 5.92 Å². The topological polar surface area (TPSA) is 79.1 Å². The predicted molar refractivity (Wildman–Crippen MR) is 84.2 cm³/mol. The van der Waals surface area contributed by atoms with Crippen LogP contribution in [0.5, 0.6) is 0 Å². The van der Waals surface area contributed by atoms with E-state index in [4.69, 9.17) is 27.8 Å². The monoisotopic (exact) mass is 306 g/mol. The molecule has 0 amide bonds. The second-order valence-electron chi connectivity index (χ2n) is 5.40. The summed E-state index contributed by atoms with van der Waals surface area (Å²) in [7, 11) is 0. The van der Waals surface area contributed by atoms with Gasteiger partial charge in [0.25, 0.3) is 0 Å². The highest BCUT2D eigenvalue weighted by atomic mass is 35.5. The Hall–Kier alpha value is -1.72. The minimum atomic E-state index is 0.0761. The van der Waals surface area contributed by atoms with Gasteiger partial charge in [-0.15, -0.1) is 0 Å². The van der Waals surface area contributed by atoms with E-state index in [2.05, 4.69) is 11.2 Å². The summed E-state index contributed by atoms with van der Waals surface area (Å²) in [4.78, 5) is 0. The van der Waals surface area contributed by atoms with Crippen molar-refractivity contribution in [2.45, 2.75) is 18.9 Å². The van der Waals surface area contributed by atoms with Crippen molar-refractivity contribution < 1.29 is 4.74 Å². The Morgan fingerprint density at radius 3 is 2.67 bits per heavy atom. The Bertz CT molecular complexity index is 602. The second kappa shape index (κ2) is 5.95. The highest BCUT2D eigenvalue weighted by Crippen LogP contribution is 2.35. The summed E-state index contributed by atoms with van der Waals surface area (Å²) in [5.41, 5.74) is 13.3. The number of rotatable bonds is 3. The van der Waals surface area contributed by atoms with Crippen molar-refractivity contribution in [2.75, 3.05) is 24.7 Å². The molecule has 1 aromatic heterocycles. The molecule has 1 aliphatic rings. The lowest BCUT2D eigenvalue weighted by Gasteiger charge is -2.31. The third kappa shape index (κ3) is 2.99. The summed E-state index contributed by atoms with van der Waals surface area (Å²) in [5, 5.41) is 5.10. The van der Waals surface area contributed by atoms with Crippen LogP contribution in [0.2, 0.25) is 5.02 Å². The van der Waals surface area contributed by atoms with Gasteiger partial charge in [0.1, 0.15) is 0 Å². The van der Waals surface area contributed by atoms with Gasteiger partial charge in [0.15, 0.2) is 5.82 Å². The first-order chi connectivity index (χ1) is 10.1. The van der Waals surface area contributed by atoms with Gasteiger partial charge in [0.2, 0.25) is 0 Å². The molecule has 0 spiro atoms. The molecule has 21 heavy (non-hydrogen) atoms. The average molecular weight is 307 g/mol. The molecular formula is C15H19ClN4O. The van der Waals surface area contributed by atoms with E-state index in [1.165, 1.54) is 0 Å². The van der Waals surface area contributed by atoms with Crippen molar-refractivity contribution in [3.63, 3.8) is 0 Å². The molecule has 0 aliphatic carbocycles. The number of aromatic nitrogens is 2. The van der Waals surface area contributed by atoms with E-state index in [0.717, 1.165) is 36.6 Å². The minimum absolute atomic E-state index is 0.0761. The van der Waals surface area contributed by atoms with Gasteiger partial charge in [-0.2, -0.15) is 5.10 Å². The van der Waals surface area contributed by atoms with Gasteiger partial charge in [0, 0.05) is 18.2 Å². The quantitative estimate of drug-likeness (QED) is 0.914. The first-order valence-corrected chi connectivity index (χ1v) is 7.46. The van der Waals surface area contributed by atoms with Crippen molar-refractivity contribution in [1.82, 2.24) is 9.78 Å². The number of hydrogen-bond donors (Lipinski definition) is 2. The Kier molecular flexibility index (Phi) is 4.03. The van der Waals surface area contributed by atoms with Crippen LogP contribution in [0.25, 0.3) is 0 Å². The van der Waals surface area contributed by atoms with E-state index >= 15 is 0 Å². The van der Waals surface area contributed by atoms with E-state index in [1.807, 2.05) is 22.9 Å². The number of hydrogen-bond acceptors (Lipinski definition) is 4. The number of anilines is 2. The van der Waals surface area contributed by atoms with Gasteiger partial charge in [-0.1, -0.05) is 23.7 Å². The molecule has 4 N–H and O–H groups in total. The molecule has 1 saturated heterocycles. The largest absolute Gasteiger partial charge is 0.394 e. The Morgan fingerprint density at radius 2 is 2.05 bits per heavy atom. The first-order valence-electron chi connectivity index (χ1n) is 7.08. The van der Waals surface area contributed by atoms with Crippen LogP contribution in [0.4, 0.5) is 11.5 Å². The summed E-state index contributed by atoms with van der Waals surface area (Å²) in [5.74, 6) is 0.796. The lowest BCUT2D eigenvalue weighted by Crippen LogP contribution is -2.27. The van der Waals surface area contributed by atoms with Crippen molar-refractivity contribution in [3.05, 3.63) is 41.0 Å². The number of nitrogens with zero attached hydrogens (tertiary/aromatic N) is 2.